The van der Waals surface area contributed by atoms with Crippen LogP contribution in [0.5, 0.6) is 6.01 Å². The average molecular weight is 293 g/mol. The van der Waals surface area contributed by atoms with Gasteiger partial charge in [0, 0.05) is 9.75 Å². The fourth-order valence-electron chi connectivity index (χ4n) is 1.65. The van der Waals surface area contributed by atoms with E-state index in [1.807, 2.05) is 6.92 Å². The van der Waals surface area contributed by atoms with Crippen LogP contribution < -0.4 is 15.8 Å². The molecule has 0 saturated carbocycles. The summed E-state index contributed by atoms with van der Waals surface area (Å²) in [5, 5.41) is 3.22. The molecule has 1 unspecified atom stereocenters. The molecule has 0 fully saturated rings. The number of nitrogen functional groups attached to an aromatic ring is 1. The van der Waals surface area contributed by atoms with Crippen molar-refractivity contribution in [3.63, 3.8) is 0 Å². The Kier molecular flexibility index (Phi) is 4.73. The predicted octanol–water partition coefficient (Wildman–Crippen LogP) is 2.79. The van der Waals surface area contributed by atoms with Gasteiger partial charge in [-0.15, -0.1) is 11.3 Å². The molecular weight excluding hydrogens is 274 g/mol. The fraction of sp³-hybridized carbons (Fsp3) is 0.462. The summed E-state index contributed by atoms with van der Waals surface area (Å²) in [4.78, 5) is 14.7. The minimum absolute atomic E-state index is 0.106. The number of hydrogen-bond acceptors (Lipinski definition) is 7. The van der Waals surface area contributed by atoms with Crippen molar-refractivity contribution in [2.45, 2.75) is 33.2 Å². The van der Waals surface area contributed by atoms with Gasteiger partial charge in [0.25, 0.3) is 0 Å². The second-order valence-corrected chi connectivity index (χ2v) is 5.78. The third kappa shape index (κ3) is 3.80. The summed E-state index contributed by atoms with van der Waals surface area (Å²) in [6.45, 7) is 6.71. The number of thiophene rings is 1. The topological polar surface area (TPSA) is 86.0 Å². The van der Waals surface area contributed by atoms with Gasteiger partial charge >= 0.3 is 6.01 Å². The molecule has 2 rings (SSSR count). The highest BCUT2D eigenvalue weighted by Crippen LogP contribution is 2.25. The maximum atomic E-state index is 5.67. The number of rotatable bonds is 6. The van der Waals surface area contributed by atoms with Gasteiger partial charge in [-0.25, -0.2) is 0 Å². The first-order chi connectivity index (χ1) is 9.58. The van der Waals surface area contributed by atoms with E-state index >= 15 is 0 Å². The molecule has 2 aromatic heterocycles. The molecule has 0 bridgehead atoms. The van der Waals surface area contributed by atoms with Crippen LogP contribution in [0.2, 0.25) is 0 Å². The predicted molar refractivity (Wildman–Crippen MR) is 81.1 cm³/mol. The third-order valence-electron chi connectivity index (χ3n) is 2.60. The maximum absolute atomic E-state index is 5.67. The molecule has 1 atom stereocenters. The largest absolute Gasteiger partial charge is 0.463 e. The zero-order valence-electron chi connectivity index (χ0n) is 11.9. The van der Waals surface area contributed by atoms with Crippen molar-refractivity contribution in [3.8, 4) is 6.01 Å². The summed E-state index contributed by atoms with van der Waals surface area (Å²) < 4.78 is 5.39. The number of aromatic nitrogens is 3. The molecule has 2 aromatic rings. The maximum Gasteiger partial charge on any atom is 0.323 e. The van der Waals surface area contributed by atoms with Gasteiger partial charge in [0.15, 0.2) is 0 Å². The SMILES string of the molecule is CCCOc1nc(N)nc(NC(C)c2ccc(C)s2)n1. The van der Waals surface area contributed by atoms with Crippen molar-refractivity contribution in [3.05, 3.63) is 21.9 Å². The van der Waals surface area contributed by atoms with Gasteiger partial charge < -0.3 is 15.8 Å². The van der Waals surface area contributed by atoms with Gasteiger partial charge in [0.1, 0.15) is 0 Å². The van der Waals surface area contributed by atoms with E-state index in [4.69, 9.17) is 10.5 Å². The van der Waals surface area contributed by atoms with Crippen LogP contribution in [0, 0.1) is 6.92 Å². The molecule has 20 heavy (non-hydrogen) atoms. The first-order valence-electron chi connectivity index (χ1n) is 6.55. The molecule has 0 spiro atoms. The van der Waals surface area contributed by atoms with Crippen LogP contribution in [0.4, 0.5) is 11.9 Å². The Balaban J connectivity index is 2.10. The Hall–Kier alpha value is -1.89. The standard InChI is InChI=1S/C13H19N5OS/c1-4-7-19-13-17-11(14)16-12(18-13)15-9(3)10-6-5-8(2)20-10/h5-6,9H,4,7H2,1-3H3,(H3,14,15,16,17,18). The third-order valence-corrected chi connectivity index (χ3v) is 3.78. The number of nitrogens with zero attached hydrogens (tertiary/aromatic N) is 3. The lowest BCUT2D eigenvalue weighted by Gasteiger charge is -2.13. The summed E-state index contributed by atoms with van der Waals surface area (Å²) in [5.41, 5.74) is 5.67. The zero-order valence-corrected chi connectivity index (χ0v) is 12.7. The Morgan fingerprint density at radius 1 is 1.35 bits per heavy atom. The second kappa shape index (κ2) is 6.51. The normalized spacial score (nSPS) is 12.2. The van der Waals surface area contributed by atoms with Gasteiger partial charge in [-0.3, -0.25) is 0 Å². The van der Waals surface area contributed by atoms with Crippen LogP contribution in [0.3, 0.4) is 0 Å². The molecular formula is C13H19N5OS. The molecule has 0 amide bonds. The number of nitrogens with one attached hydrogen (secondary N) is 1. The quantitative estimate of drug-likeness (QED) is 0.851. The molecule has 0 aliphatic rings. The summed E-state index contributed by atoms with van der Waals surface area (Å²) >= 11 is 1.74. The first kappa shape index (κ1) is 14.5. The number of ether oxygens (including phenoxy) is 1. The highest BCUT2D eigenvalue weighted by molar-refractivity contribution is 7.12. The number of anilines is 2. The Labute approximate surface area is 122 Å². The van der Waals surface area contributed by atoms with Gasteiger partial charge in [0.2, 0.25) is 11.9 Å². The molecule has 0 saturated heterocycles. The van der Waals surface area contributed by atoms with Crippen molar-refractivity contribution in [2.24, 2.45) is 0 Å². The second-order valence-electron chi connectivity index (χ2n) is 4.46. The van der Waals surface area contributed by atoms with Crippen LogP contribution in [-0.2, 0) is 0 Å². The van der Waals surface area contributed by atoms with E-state index in [-0.39, 0.29) is 18.0 Å². The van der Waals surface area contributed by atoms with Crippen molar-refractivity contribution in [2.75, 3.05) is 17.7 Å². The Morgan fingerprint density at radius 2 is 2.15 bits per heavy atom. The minimum Gasteiger partial charge on any atom is -0.463 e. The highest BCUT2D eigenvalue weighted by Gasteiger charge is 2.11. The van der Waals surface area contributed by atoms with Crippen molar-refractivity contribution >= 4 is 23.2 Å². The van der Waals surface area contributed by atoms with Gasteiger partial charge in [-0.05, 0) is 32.4 Å². The van der Waals surface area contributed by atoms with Crippen LogP contribution >= 0.6 is 11.3 Å². The molecule has 0 aromatic carbocycles. The van der Waals surface area contributed by atoms with Crippen molar-refractivity contribution in [1.29, 1.82) is 0 Å². The highest BCUT2D eigenvalue weighted by atomic mass is 32.1. The zero-order chi connectivity index (χ0) is 14.5. The Morgan fingerprint density at radius 3 is 2.80 bits per heavy atom. The molecule has 0 aliphatic heterocycles. The van der Waals surface area contributed by atoms with Gasteiger partial charge in [-0.2, -0.15) is 15.0 Å². The van der Waals surface area contributed by atoms with Crippen LogP contribution in [0.1, 0.15) is 36.1 Å². The first-order valence-corrected chi connectivity index (χ1v) is 7.37. The molecule has 2 heterocycles. The van der Waals surface area contributed by atoms with E-state index in [9.17, 15) is 0 Å². The van der Waals surface area contributed by atoms with E-state index in [0.29, 0.717) is 12.6 Å². The number of nitrogens with two attached hydrogens (primary N) is 1. The smallest absolute Gasteiger partial charge is 0.323 e. The minimum atomic E-state index is 0.106. The van der Waals surface area contributed by atoms with Crippen molar-refractivity contribution < 1.29 is 4.74 Å². The molecule has 0 aliphatic carbocycles. The van der Waals surface area contributed by atoms with Crippen LogP contribution in [-0.4, -0.2) is 21.6 Å². The average Bonchev–Trinajstić information content (AvgIpc) is 2.82. The summed E-state index contributed by atoms with van der Waals surface area (Å²) in [6.07, 6.45) is 0.888. The van der Waals surface area contributed by atoms with E-state index in [2.05, 4.69) is 46.2 Å². The monoisotopic (exact) mass is 293 g/mol. The van der Waals surface area contributed by atoms with Crippen LogP contribution in [0.15, 0.2) is 12.1 Å². The number of hydrogen-bond donors (Lipinski definition) is 2. The molecule has 3 N–H and O–H groups in total. The van der Waals surface area contributed by atoms with Crippen LogP contribution in [0.25, 0.3) is 0 Å². The molecule has 0 radical (unpaired) electrons. The molecule has 108 valence electrons. The number of aryl methyl sites for hydroxylation is 1. The van der Waals surface area contributed by atoms with Gasteiger partial charge in [-0.1, -0.05) is 6.92 Å². The lowest BCUT2D eigenvalue weighted by Crippen LogP contribution is -2.12. The lowest BCUT2D eigenvalue weighted by atomic mass is 10.3. The van der Waals surface area contributed by atoms with Gasteiger partial charge in [0.05, 0.1) is 12.6 Å². The summed E-state index contributed by atoms with van der Waals surface area (Å²) in [5.74, 6) is 0.588. The van der Waals surface area contributed by atoms with E-state index in [0.717, 1.165) is 6.42 Å². The molecule has 6 nitrogen and oxygen atoms in total. The van der Waals surface area contributed by atoms with Crippen molar-refractivity contribution in [1.82, 2.24) is 15.0 Å². The Bertz CT molecular complexity index is 572. The lowest BCUT2D eigenvalue weighted by molar-refractivity contribution is 0.292. The van der Waals surface area contributed by atoms with E-state index in [1.54, 1.807) is 11.3 Å². The van der Waals surface area contributed by atoms with E-state index in [1.165, 1.54) is 9.75 Å². The van der Waals surface area contributed by atoms with E-state index < -0.39 is 0 Å². The summed E-state index contributed by atoms with van der Waals surface area (Å²) in [6, 6.07) is 4.55. The summed E-state index contributed by atoms with van der Waals surface area (Å²) in [7, 11) is 0. The molecule has 7 heteroatoms. The fourth-order valence-corrected chi connectivity index (χ4v) is 2.53.